The number of hydrogen-bond acceptors (Lipinski definition) is 3. The number of hydrogen-bond donors (Lipinski definition) is 2. The van der Waals surface area contributed by atoms with Crippen molar-refractivity contribution in [1.29, 1.82) is 0 Å². The normalized spacial score (nSPS) is 34.5. The van der Waals surface area contributed by atoms with E-state index in [-0.39, 0.29) is 5.91 Å². The Labute approximate surface area is 136 Å². The largest absolute Gasteiger partial charge is 0.359 e. The number of carbonyl (C=O) groups is 1. The summed E-state index contributed by atoms with van der Waals surface area (Å²) in [4.78, 5) is 15.1. The molecule has 4 nitrogen and oxygen atoms in total. The highest BCUT2D eigenvalue weighted by Gasteiger charge is 2.65. The summed E-state index contributed by atoms with van der Waals surface area (Å²) in [5, 5.41) is 3.98. The molecule has 0 radical (unpaired) electrons. The lowest BCUT2D eigenvalue weighted by molar-refractivity contribution is -0.133. The zero-order valence-electron chi connectivity index (χ0n) is 12.9. The first kappa shape index (κ1) is 14.3. The smallest absolute Gasteiger partial charge is 0.264 e. The Morgan fingerprint density at radius 1 is 1.32 bits per heavy atom. The fraction of sp³-hybridized carbons (Fsp3) is 0.588. The molecule has 5 heteroatoms. The molecule has 1 amide bonds. The summed E-state index contributed by atoms with van der Waals surface area (Å²) >= 11 is 6.18. The quantitative estimate of drug-likeness (QED) is 0.837. The maximum atomic E-state index is 13.1. The van der Waals surface area contributed by atoms with E-state index in [1.54, 1.807) is 0 Å². The Morgan fingerprint density at radius 2 is 2.05 bits per heavy atom. The molecule has 22 heavy (non-hydrogen) atoms. The molecular weight excluding hydrogens is 298 g/mol. The van der Waals surface area contributed by atoms with Crippen molar-refractivity contribution in [3.63, 3.8) is 0 Å². The van der Waals surface area contributed by atoms with Crippen molar-refractivity contribution in [2.75, 3.05) is 11.9 Å². The molecule has 2 atom stereocenters. The minimum atomic E-state index is -1.04. The molecule has 1 saturated carbocycles. The van der Waals surface area contributed by atoms with Crippen LogP contribution in [0, 0.1) is 0 Å². The van der Waals surface area contributed by atoms with Gasteiger partial charge in [0.25, 0.3) is 5.91 Å². The summed E-state index contributed by atoms with van der Waals surface area (Å²) < 4.78 is 0. The van der Waals surface area contributed by atoms with Crippen LogP contribution in [0.5, 0.6) is 0 Å². The average molecular weight is 320 g/mol. The Bertz CT molecular complexity index is 643. The second-order valence-electron chi connectivity index (χ2n) is 7.18. The Hall–Kier alpha value is -1.26. The summed E-state index contributed by atoms with van der Waals surface area (Å²) in [6.07, 6.45) is 5.89. The summed E-state index contributed by atoms with van der Waals surface area (Å²) in [6.45, 7) is 2.76. The highest BCUT2D eigenvalue weighted by atomic mass is 35.5. The van der Waals surface area contributed by atoms with Crippen LogP contribution >= 0.6 is 11.6 Å². The Balaban J connectivity index is 1.74. The van der Waals surface area contributed by atoms with Gasteiger partial charge in [-0.05, 0) is 43.5 Å². The van der Waals surface area contributed by atoms with Crippen molar-refractivity contribution in [3.8, 4) is 0 Å². The van der Waals surface area contributed by atoms with Gasteiger partial charge in [0.05, 0.1) is 5.41 Å². The van der Waals surface area contributed by atoms with Gasteiger partial charge in [0.2, 0.25) is 0 Å². The molecular formula is C17H22ClN3O. The van der Waals surface area contributed by atoms with Gasteiger partial charge in [0.15, 0.2) is 5.66 Å². The van der Waals surface area contributed by atoms with E-state index in [0.29, 0.717) is 17.6 Å². The molecule has 1 saturated heterocycles. The van der Waals surface area contributed by atoms with Crippen molar-refractivity contribution in [2.24, 2.45) is 5.73 Å². The standard InChI is InChI=1S/C17H22ClN3O/c1-16-10-21(12-5-3-2-4-6-12)15(22)17(16,19)20-14-8-7-11(18)9-13(14)16/h7-9,12,20H,2-6,10,19H2,1H3/t16-,17+/m0/s1. The van der Waals surface area contributed by atoms with Gasteiger partial charge < -0.3 is 16.0 Å². The van der Waals surface area contributed by atoms with Crippen LogP contribution in [0.3, 0.4) is 0 Å². The zero-order chi connectivity index (χ0) is 15.5. The first-order chi connectivity index (χ1) is 10.5. The van der Waals surface area contributed by atoms with Gasteiger partial charge in [-0.25, -0.2) is 0 Å². The third-order valence-electron chi connectivity index (χ3n) is 5.88. The zero-order valence-corrected chi connectivity index (χ0v) is 13.6. The van der Waals surface area contributed by atoms with Gasteiger partial charge in [0.1, 0.15) is 0 Å². The van der Waals surface area contributed by atoms with Crippen LogP contribution in [0.1, 0.15) is 44.6 Å². The molecule has 118 valence electrons. The number of rotatable bonds is 1. The molecule has 0 spiro atoms. The first-order valence-electron chi connectivity index (χ1n) is 8.14. The van der Waals surface area contributed by atoms with E-state index >= 15 is 0 Å². The van der Waals surface area contributed by atoms with Crippen molar-refractivity contribution >= 4 is 23.2 Å². The summed E-state index contributed by atoms with van der Waals surface area (Å²) in [5.74, 6) is 0.0363. The fourth-order valence-electron chi connectivity index (χ4n) is 4.47. The second-order valence-corrected chi connectivity index (χ2v) is 7.62. The molecule has 3 aliphatic rings. The van der Waals surface area contributed by atoms with Gasteiger partial charge >= 0.3 is 0 Å². The van der Waals surface area contributed by atoms with Crippen LogP contribution in [0.25, 0.3) is 0 Å². The monoisotopic (exact) mass is 319 g/mol. The Morgan fingerprint density at radius 3 is 2.77 bits per heavy atom. The maximum absolute atomic E-state index is 13.1. The van der Waals surface area contributed by atoms with E-state index < -0.39 is 11.1 Å². The molecule has 3 N–H and O–H groups in total. The van der Waals surface area contributed by atoms with E-state index in [1.165, 1.54) is 19.3 Å². The predicted molar refractivity (Wildman–Crippen MR) is 87.9 cm³/mol. The maximum Gasteiger partial charge on any atom is 0.264 e. The predicted octanol–water partition coefficient (Wildman–Crippen LogP) is 2.85. The van der Waals surface area contributed by atoms with E-state index in [4.69, 9.17) is 17.3 Å². The van der Waals surface area contributed by atoms with Crippen molar-refractivity contribution < 1.29 is 4.79 Å². The third kappa shape index (κ3) is 1.71. The van der Waals surface area contributed by atoms with Crippen LogP contribution in [0.4, 0.5) is 5.69 Å². The van der Waals surface area contributed by atoms with Crippen LogP contribution in [0.2, 0.25) is 5.02 Å². The number of fused-ring (bicyclic) bond motifs is 3. The molecule has 2 aliphatic heterocycles. The van der Waals surface area contributed by atoms with Crippen molar-refractivity contribution in [2.45, 2.75) is 56.1 Å². The van der Waals surface area contributed by atoms with E-state index in [1.807, 2.05) is 23.1 Å². The van der Waals surface area contributed by atoms with Gasteiger partial charge in [-0.15, -0.1) is 0 Å². The lowest BCUT2D eigenvalue weighted by Gasteiger charge is -2.32. The van der Waals surface area contributed by atoms with E-state index in [9.17, 15) is 4.79 Å². The lowest BCUT2D eigenvalue weighted by Crippen LogP contribution is -2.61. The number of nitrogens with two attached hydrogens (primary N) is 1. The molecule has 2 fully saturated rings. The molecule has 0 aromatic heterocycles. The van der Waals surface area contributed by atoms with Crippen LogP contribution in [0.15, 0.2) is 18.2 Å². The topological polar surface area (TPSA) is 58.4 Å². The summed E-state index contributed by atoms with van der Waals surface area (Å²) in [5.41, 5.74) is 7.12. The van der Waals surface area contributed by atoms with E-state index in [2.05, 4.69) is 12.2 Å². The molecule has 0 unspecified atom stereocenters. The summed E-state index contributed by atoms with van der Waals surface area (Å²) in [6, 6.07) is 6.06. The van der Waals surface area contributed by atoms with E-state index in [0.717, 1.165) is 24.1 Å². The minimum Gasteiger partial charge on any atom is -0.359 e. The summed E-state index contributed by atoms with van der Waals surface area (Å²) in [7, 11) is 0. The number of halogens is 1. The van der Waals surface area contributed by atoms with Crippen LogP contribution in [-0.2, 0) is 10.2 Å². The second kappa shape index (κ2) is 4.62. The number of nitrogens with zero attached hydrogens (tertiary/aromatic N) is 1. The number of benzene rings is 1. The number of nitrogens with one attached hydrogen (secondary N) is 1. The number of carbonyl (C=O) groups excluding carboxylic acids is 1. The van der Waals surface area contributed by atoms with Gasteiger partial charge in [-0.2, -0.15) is 0 Å². The highest BCUT2D eigenvalue weighted by Crippen LogP contribution is 2.51. The number of likely N-dealkylation sites (tertiary alicyclic amines) is 1. The van der Waals surface area contributed by atoms with Gasteiger partial charge in [0, 0.05) is 23.3 Å². The third-order valence-corrected chi connectivity index (χ3v) is 6.11. The molecule has 1 aromatic carbocycles. The molecule has 0 bridgehead atoms. The molecule has 4 rings (SSSR count). The first-order valence-corrected chi connectivity index (χ1v) is 8.52. The molecule has 1 aromatic rings. The fourth-order valence-corrected chi connectivity index (χ4v) is 4.64. The van der Waals surface area contributed by atoms with Crippen molar-refractivity contribution in [1.82, 2.24) is 4.90 Å². The molecule has 1 aliphatic carbocycles. The highest BCUT2D eigenvalue weighted by molar-refractivity contribution is 6.30. The van der Waals surface area contributed by atoms with Crippen LogP contribution < -0.4 is 11.1 Å². The Kier molecular flexibility index (Phi) is 3.01. The average Bonchev–Trinajstić information content (AvgIpc) is 2.86. The lowest BCUT2D eigenvalue weighted by atomic mass is 9.77. The number of amides is 1. The molecule has 2 heterocycles. The minimum absolute atomic E-state index is 0.0363. The van der Waals surface area contributed by atoms with Crippen molar-refractivity contribution in [3.05, 3.63) is 28.8 Å². The number of anilines is 1. The SMILES string of the molecule is C[C@@]12CN(C3CCCCC3)C(=O)[C@@]1(N)Nc1ccc(Cl)cc12. The van der Waals surface area contributed by atoms with Gasteiger partial charge in [-0.1, -0.05) is 30.9 Å². The van der Waals surface area contributed by atoms with Crippen LogP contribution in [-0.4, -0.2) is 29.1 Å². The van der Waals surface area contributed by atoms with Gasteiger partial charge in [-0.3, -0.25) is 4.79 Å².